The van der Waals surface area contributed by atoms with E-state index in [1.807, 2.05) is 34.9 Å². The standard InChI is InChI=1S/C17H13N3O/c18-10-14(8-13-4-3-5-15(21)9-13)11-20-12-19-16-6-1-2-7-17(16)20/h1-9,12,21H,11H2/b14-8-. The lowest BCUT2D eigenvalue weighted by Gasteiger charge is -2.03. The number of rotatable bonds is 3. The van der Waals surface area contributed by atoms with E-state index in [4.69, 9.17) is 0 Å². The maximum atomic E-state index is 9.47. The Bertz CT molecular complexity index is 856. The molecule has 2 aromatic carbocycles. The Morgan fingerprint density at radius 2 is 2.10 bits per heavy atom. The quantitative estimate of drug-likeness (QED) is 0.746. The molecule has 0 aliphatic carbocycles. The number of phenols is 1. The number of imidazole rings is 1. The molecule has 3 rings (SSSR count). The normalized spacial score (nSPS) is 11.5. The van der Waals surface area contributed by atoms with Gasteiger partial charge in [0.25, 0.3) is 0 Å². The molecule has 0 bridgehead atoms. The number of fused-ring (bicyclic) bond motifs is 1. The Hall–Kier alpha value is -3.06. The SMILES string of the molecule is N#C/C(=C/c1cccc(O)c1)Cn1cnc2ccccc21. The van der Waals surface area contributed by atoms with E-state index in [0.29, 0.717) is 12.1 Å². The van der Waals surface area contributed by atoms with Crippen LogP contribution in [-0.2, 0) is 6.54 Å². The van der Waals surface area contributed by atoms with Gasteiger partial charge in [-0.1, -0.05) is 24.3 Å². The van der Waals surface area contributed by atoms with Crippen molar-refractivity contribution in [1.82, 2.24) is 9.55 Å². The number of phenolic OH excluding ortho intramolecular Hbond substituents is 1. The highest BCUT2D eigenvalue weighted by Gasteiger charge is 2.04. The third kappa shape index (κ3) is 2.77. The highest BCUT2D eigenvalue weighted by Crippen LogP contribution is 2.17. The first-order valence-corrected chi connectivity index (χ1v) is 6.56. The number of para-hydroxylation sites is 2. The van der Waals surface area contributed by atoms with Crippen LogP contribution in [0.4, 0.5) is 0 Å². The summed E-state index contributed by atoms with van der Waals surface area (Å²) in [6.45, 7) is 0.451. The van der Waals surface area contributed by atoms with Crippen molar-refractivity contribution in [2.24, 2.45) is 0 Å². The number of aromatic hydroxyl groups is 1. The Kier molecular flexibility index (Phi) is 3.40. The van der Waals surface area contributed by atoms with Crippen molar-refractivity contribution in [1.29, 1.82) is 5.26 Å². The van der Waals surface area contributed by atoms with Crippen molar-refractivity contribution in [2.75, 3.05) is 0 Å². The van der Waals surface area contributed by atoms with Gasteiger partial charge in [-0.3, -0.25) is 0 Å². The van der Waals surface area contributed by atoms with Gasteiger partial charge < -0.3 is 9.67 Å². The second-order valence-electron chi connectivity index (χ2n) is 4.74. The van der Waals surface area contributed by atoms with Gasteiger partial charge in [-0.05, 0) is 35.9 Å². The zero-order valence-corrected chi connectivity index (χ0v) is 11.3. The number of hydrogen-bond acceptors (Lipinski definition) is 3. The summed E-state index contributed by atoms with van der Waals surface area (Å²) in [5.74, 6) is 0.189. The summed E-state index contributed by atoms with van der Waals surface area (Å²) in [7, 11) is 0. The first-order valence-electron chi connectivity index (χ1n) is 6.56. The molecule has 1 N–H and O–H groups in total. The second-order valence-corrected chi connectivity index (χ2v) is 4.74. The average molecular weight is 275 g/mol. The van der Waals surface area contributed by atoms with Crippen LogP contribution in [0.2, 0.25) is 0 Å². The van der Waals surface area contributed by atoms with Crippen molar-refractivity contribution < 1.29 is 5.11 Å². The summed E-state index contributed by atoms with van der Waals surface area (Å²) in [5.41, 5.74) is 3.31. The van der Waals surface area contributed by atoms with Gasteiger partial charge in [-0.15, -0.1) is 0 Å². The van der Waals surface area contributed by atoms with Crippen molar-refractivity contribution in [3.8, 4) is 11.8 Å². The lowest BCUT2D eigenvalue weighted by Crippen LogP contribution is -1.98. The molecule has 0 saturated heterocycles. The van der Waals surface area contributed by atoms with Gasteiger partial charge in [0.1, 0.15) is 5.75 Å². The van der Waals surface area contributed by atoms with Gasteiger partial charge in [0.05, 0.1) is 30.0 Å². The summed E-state index contributed by atoms with van der Waals surface area (Å²) < 4.78 is 1.94. The van der Waals surface area contributed by atoms with E-state index in [2.05, 4.69) is 11.1 Å². The first kappa shape index (κ1) is 12.9. The van der Waals surface area contributed by atoms with E-state index in [9.17, 15) is 10.4 Å². The number of hydrogen-bond donors (Lipinski definition) is 1. The molecular weight excluding hydrogens is 262 g/mol. The molecule has 3 aromatic rings. The Morgan fingerprint density at radius 1 is 1.24 bits per heavy atom. The lowest BCUT2D eigenvalue weighted by molar-refractivity contribution is 0.475. The zero-order valence-electron chi connectivity index (χ0n) is 11.3. The summed E-state index contributed by atoms with van der Waals surface area (Å²) >= 11 is 0. The highest BCUT2D eigenvalue weighted by molar-refractivity contribution is 5.75. The molecule has 0 saturated carbocycles. The molecule has 1 aromatic heterocycles. The average Bonchev–Trinajstić information content (AvgIpc) is 2.90. The number of nitriles is 1. The topological polar surface area (TPSA) is 61.8 Å². The van der Waals surface area contributed by atoms with E-state index in [-0.39, 0.29) is 5.75 Å². The van der Waals surface area contributed by atoms with Crippen LogP contribution in [0.25, 0.3) is 17.1 Å². The van der Waals surface area contributed by atoms with Crippen LogP contribution < -0.4 is 0 Å². The molecule has 0 aliphatic rings. The molecule has 0 fully saturated rings. The first-order chi connectivity index (χ1) is 10.3. The number of aromatic nitrogens is 2. The smallest absolute Gasteiger partial charge is 0.116 e. The number of nitrogens with zero attached hydrogens (tertiary/aromatic N) is 3. The summed E-state index contributed by atoms with van der Waals surface area (Å²) in [6, 6.07) is 16.8. The molecule has 21 heavy (non-hydrogen) atoms. The zero-order chi connectivity index (χ0) is 14.7. The van der Waals surface area contributed by atoms with Gasteiger partial charge in [0.15, 0.2) is 0 Å². The third-order valence-electron chi connectivity index (χ3n) is 3.22. The predicted molar refractivity (Wildman–Crippen MR) is 81.4 cm³/mol. The van der Waals surface area contributed by atoms with Crippen LogP contribution in [0.5, 0.6) is 5.75 Å². The van der Waals surface area contributed by atoms with Gasteiger partial charge >= 0.3 is 0 Å². The highest BCUT2D eigenvalue weighted by atomic mass is 16.3. The van der Waals surface area contributed by atoms with E-state index in [1.165, 1.54) is 0 Å². The van der Waals surface area contributed by atoms with Crippen LogP contribution in [-0.4, -0.2) is 14.7 Å². The molecule has 0 spiro atoms. The molecule has 1 heterocycles. The lowest BCUT2D eigenvalue weighted by atomic mass is 10.1. The maximum Gasteiger partial charge on any atom is 0.116 e. The molecule has 0 amide bonds. The fraction of sp³-hybridized carbons (Fsp3) is 0.0588. The monoisotopic (exact) mass is 275 g/mol. The third-order valence-corrected chi connectivity index (χ3v) is 3.22. The molecular formula is C17H13N3O. The van der Waals surface area contributed by atoms with Crippen molar-refractivity contribution in [3.63, 3.8) is 0 Å². The Balaban J connectivity index is 1.93. The molecule has 4 heteroatoms. The van der Waals surface area contributed by atoms with Crippen LogP contribution in [0.1, 0.15) is 5.56 Å². The van der Waals surface area contributed by atoms with E-state index < -0.39 is 0 Å². The predicted octanol–water partition coefficient (Wildman–Crippen LogP) is 3.35. The van der Waals surface area contributed by atoms with Gasteiger partial charge in [-0.2, -0.15) is 5.26 Å². The minimum Gasteiger partial charge on any atom is -0.508 e. The Labute approximate surface area is 122 Å². The summed E-state index contributed by atoms with van der Waals surface area (Å²) in [5, 5.41) is 18.8. The van der Waals surface area contributed by atoms with Crippen LogP contribution in [0.3, 0.4) is 0 Å². The Morgan fingerprint density at radius 3 is 2.90 bits per heavy atom. The van der Waals surface area contributed by atoms with E-state index >= 15 is 0 Å². The number of allylic oxidation sites excluding steroid dienone is 1. The van der Waals surface area contributed by atoms with E-state index in [1.54, 1.807) is 30.6 Å². The maximum absolute atomic E-state index is 9.47. The molecule has 0 unspecified atom stereocenters. The van der Waals surface area contributed by atoms with Crippen LogP contribution in [0.15, 0.2) is 60.4 Å². The summed E-state index contributed by atoms with van der Waals surface area (Å²) in [6.07, 6.45) is 3.51. The van der Waals surface area contributed by atoms with E-state index in [0.717, 1.165) is 16.6 Å². The van der Waals surface area contributed by atoms with Crippen molar-refractivity contribution in [3.05, 3.63) is 66.0 Å². The van der Waals surface area contributed by atoms with Gasteiger partial charge in [0.2, 0.25) is 0 Å². The number of benzene rings is 2. The minimum absolute atomic E-state index is 0.189. The fourth-order valence-electron chi connectivity index (χ4n) is 2.25. The molecule has 102 valence electrons. The molecule has 4 nitrogen and oxygen atoms in total. The summed E-state index contributed by atoms with van der Waals surface area (Å²) in [4.78, 5) is 4.31. The largest absolute Gasteiger partial charge is 0.508 e. The minimum atomic E-state index is 0.189. The van der Waals surface area contributed by atoms with Crippen LogP contribution in [0, 0.1) is 11.3 Å². The fourth-order valence-corrected chi connectivity index (χ4v) is 2.25. The van der Waals surface area contributed by atoms with Crippen LogP contribution >= 0.6 is 0 Å². The van der Waals surface area contributed by atoms with Crippen molar-refractivity contribution >= 4 is 17.1 Å². The van der Waals surface area contributed by atoms with Gasteiger partial charge in [-0.25, -0.2) is 4.98 Å². The molecule has 0 aliphatic heterocycles. The molecule has 0 radical (unpaired) electrons. The molecule has 0 atom stereocenters. The van der Waals surface area contributed by atoms with Crippen molar-refractivity contribution in [2.45, 2.75) is 6.54 Å². The second kappa shape index (κ2) is 5.51. The van der Waals surface area contributed by atoms with Gasteiger partial charge in [0, 0.05) is 5.57 Å².